The number of piperazine rings is 1. The van der Waals surface area contributed by atoms with Crippen LogP contribution in [0.25, 0.3) is 0 Å². The Kier molecular flexibility index (Phi) is 5.66. The molecule has 0 unspecified atom stereocenters. The van der Waals surface area contributed by atoms with Gasteiger partial charge in [0.15, 0.2) is 0 Å². The molecule has 2 fully saturated rings. The van der Waals surface area contributed by atoms with Gasteiger partial charge in [-0.05, 0) is 31.2 Å². The zero-order valence-electron chi connectivity index (χ0n) is 14.4. The molecule has 2 aliphatic rings. The predicted octanol–water partition coefficient (Wildman–Crippen LogP) is 0.696. The summed E-state index contributed by atoms with van der Waals surface area (Å²) in [4.78, 5) is 27.5. The molecule has 0 aliphatic carbocycles. The highest BCUT2D eigenvalue weighted by atomic mass is 79.9. The first-order valence-corrected chi connectivity index (χ1v) is 10.6. The van der Waals surface area contributed by atoms with Gasteiger partial charge in [-0.1, -0.05) is 15.9 Å². The minimum atomic E-state index is -3.55. The van der Waals surface area contributed by atoms with Gasteiger partial charge in [0.1, 0.15) is 0 Å². The van der Waals surface area contributed by atoms with Crippen molar-refractivity contribution in [1.82, 2.24) is 19.4 Å². The van der Waals surface area contributed by atoms with Crippen molar-refractivity contribution >= 4 is 37.9 Å². The van der Waals surface area contributed by atoms with Crippen LogP contribution in [0.1, 0.15) is 6.92 Å². The van der Waals surface area contributed by atoms with Crippen molar-refractivity contribution in [1.29, 1.82) is 0 Å². The maximum atomic E-state index is 12.7. The minimum absolute atomic E-state index is 0.246. The number of urea groups is 1. The average molecular weight is 445 g/mol. The Balaban J connectivity index is 1.62. The molecule has 0 bridgehead atoms. The summed E-state index contributed by atoms with van der Waals surface area (Å²) in [6.45, 7) is 4.10. The number of hydrogen-bond donors (Lipinski definition) is 1. The van der Waals surface area contributed by atoms with Crippen molar-refractivity contribution in [3.05, 3.63) is 28.7 Å². The highest BCUT2D eigenvalue weighted by molar-refractivity contribution is 9.10. The molecule has 10 heteroatoms. The number of halogens is 1. The molecular formula is C16H21BrN4O4S. The van der Waals surface area contributed by atoms with Crippen molar-refractivity contribution in [2.24, 2.45) is 0 Å². The second kappa shape index (κ2) is 7.63. The zero-order chi connectivity index (χ0) is 18.9. The molecule has 2 aliphatic heterocycles. The average Bonchev–Trinajstić information content (AvgIpc) is 3.07. The molecule has 3 rings (SSSR count). The quantitative estimate of drug-likeness (QED) is 0.737. The Morgan fingerprint density at radius 3 is 2.27 bits per heavy atom. The number of sulfonamides is 1. The van der Waals surface area contributed by atoms with Crippen LogP contribution < -0.4 is 5.32 Å². The highest BCUT2D eigenvalue weighted by Crippen LogP contribution is 2.21. The van der Waals surface area contributed by atoms with Crippen molar-refractivity contribution in [3.63, 3.8) is 0 Å². The van der Waals surface area contributed by atoms with E-state index in [4.69, 9.17) is 0 Å². The van der Waals surface area contributed by atoms with E-state index in [2.05, 4.69) is 21.2 Å². The van der Waals surface area contributed by atoms with Crippen LogP contribution in [0.15, 0.2) is 33.6 Å². The van der Waals surface area contributed by atoms with E-state index in [9.17, 15) is 18.0 Å². The van der Waals surface area contributed by atoms with Gasteiger partial charge in [0.25, 0.3) is 0 Å². The molecule has 0 spiro atoms. The number of benzene rings is 1. The maximum absolute atomic E-state index is 12.7. The van der Waals surface area contributed by atoms with Crippen molar-refractivity contribution in [2.45, 2.75) is 17.9 Å². The Labute approximate surface area is 161 Å². The molecule has 0 aromatic heterocycles. The smallest absolute Gasteiger partial charge is 0.324 e. The van der Waals surface area contributed by atoms with Gasteiger partial charge in [-0.25, -0.2) is 13.2 Å². The number of nitrogens with one attached hydrogen (secondary N) is 1. The minimum Gasteiger partial charge on any atom is -0.336 e. The lowest BCUT2D eigenvalue weighted by Crippen LogP contribution is -2.55. The third kappa shape index (κ3) is 3.78. The topological polar surface area (TPSA) is 90.0 Å². The van der Waals surface area contributed by atoms with Gasteiger partial charge in [0.05, 0.1) is 10.9 Å². The molecular weight excluding hydrogens is 424 g/mol. The Morgan fingerprint density at radius 1 is 1.12 bits per heavy atom. The van der Waals surface area contributed by atoms with Crippen LogP contribution in [-0.2, 0) is 14.8 Å². The molecule has 1 aromatic rings. The van der Waals surface area contributed by atoms with Crippen LogP contribution in [0.4, 0.5) is 4.79 Å². The number of carbonyl (C=O) groups excluding carboxylic acids is 2. The standard InChI is InChI=1S/C16H21BrN4O4S/c1-12(15(22)21-7-6-18-16(21)23)19-8-10-20(11-9-19)26(24,25)14-4-2-13(17)3-5-14/h2-5,12H,6-11H2,1H3,(H,18,23)/t12-/m0/s1. The van der Waals surface area contributed by atoms with E-state index in [1.807, 2.05) is 4.90 Å². The summed E-state index contributed by atoms with van der Waals surface area (Å²) in [5.74, 6) is -0.246. The molecule has 2 heterocycles. The summed E-state index contributed by atoms with van der Waals surface area (Å²) in [7, 11) is -3.55. The number of rotatable bonds is 4. The van der Waals surface area contributed by atoms with Crippen LogP contribution in [0.5, 0.6) is 0 Å². The number of amides is 3. The third-order valence-electron chi connectivity index (χ3n) is 4.75. The van der Waals surface area contributed by atoms with E-state index < -0.39 is 16.1 Å². The van der Waals surface area contributed by atoms with E-state index in [1.165, 1.54) is 9.21 Å². The van der Waals surface area contributed by atoms with Gasteiger partial charge in [-0.15, -0.1) is 0 Å². The first kappa shape index (κ1) is 19.3. The predicted molar refractivity (Wildman–Crippen MR) is 99.0 cm³/mol. The lowest BCUT2D eigenvalue weighted by Gasteiger charge is -2.37. The Hall–Kier alpha value is -1.49. The molecule has 0 radical (unpaired) electrons. The lowest BCUT2D eigenvalue weighted by atomic mass is 10.2. The normalized spacial score (nSPS) is 20.8. The first-order valence-electron chi connectivity index (χ1n) is 8.39. The largest absolute Gasteiger partial charge is 0.336 e. The fourth-order valence-corrected chi connectivity index (χ4v) is 4.84. The van der Waals surface area contributed by atoms with E-state index in [-0.39, 0.29) is 16.8 Å². The lowest BCUT2D eigenvalue weighted by molar-refractivity contribution is -0.133. The molecule has 1 N–H and O–H groups in total. The fourth-order valence-electron chi connectivity index (χ4n) is 3.15. The number of carbonyl (C=O) groups is 2. The summed E-state index contributed by atoms with van der Waals surface area (Å²) < 4.78 is 27.7. The fraction of sp³-hybridized carbons (Fsp3) is 0.500. The van der Waals surface area contributed by atoms with Gasteiger partial charge in [0, 0.05) is 43.7 Å². The van der Waals surface area contributed by atoms with Crippen molar-refractivity contribution in [3.8, 4) is 0 Å². The van der Waals surface area contributed by atoms with E-state index in [1.54, 1.807) is 31.2 Å². The molecule has 142 valence electrons. The molecule has 0 saturated carbocycles. The molecule has 8 nitrogen and oxygen atoms in total. The van der Waals surface area contributed by atoms with Crippen molar-refractivity contribution in [2.75, 3.05) is 39.3 Å². The summed E-state index contributed by atoms with van der Waals surface area (Å²) in [5.41, 5.74) is 0. The first-order chi connectivity index (χ1) is 12.3. The van der Waals surface area contributed by atoms with Crippen LogP contribution in [0.3, 0.4) is 0 Å². The van der Waals surface area contributed by atoms with Gasteiger partial charge < -0.3 is 5.32 Å². The van der Waals surface area contributed by atoms with E-state index >= 15 is 0 Å². The number of hydrogen-bond acceptors (Lipinski definition) is 5. The highest BCUT2D eigenvalue weighted by Gasteiger charge is 2.35. The molecule has 26 heavy (non-hydrogen) atoms. The Bertz CT molecular complexity index is 791. The second-order valence-corrected chi connectivity index (χ2v) is 9.15. The Morgan fingerprint density at radius 2 is 1.73 bits per heavy atom. The third-order valence-corrected chi connectivity index (χ3v) is 7.19. The van der Waals surface area contributed by atoms with Crippen molar-refractivity contribution < 1.29 is 18.0 Å². The number of imide groups is 1. The SMILES string of the molecule is C[C@@H](C(=O)N1CCNC1=O)N1CCN(S(=O)(=O)c2ccc(Br)cc2)CC1. The monoisotopic (exact) mass is 444 g/mol. The van der Waals surface area contributed by atoms with E-state index in [0.717, 1.165) is 4.47 Å². The number of nitrogens with zero attached hydrogens (tertiary/aromatic N) is 3. The maximum Gasteiger partial charge on any atom is 0.324 e. The zero-order valence-corrected chi connectivity index (χ0v) is 16.8. The summed E-state index contributed by atoms with van der Waals surface area (Å²) in [6, 6.07) is 5.72. The van der Waals surface area contributed by atoms with Gasteiger partial charge in [-0.2, -0.15) is 4.31 Å². The molecule has 1 aromatic carbocycles. The molecule has 2 saturated heterocycles. The molecule has 3 amide bonds. The van der Waals surface area contributed by atoms with Crippen LogP contribution in [-0.4, -0.2) is 79.8 Å². The summed E-state index contributed by atoms with van der Waals surface area (Å²) in [5, 5.41) is 2.61. The van der Waals surface area contributed by atoms with E-state index in [0.29, 0.717) is 39.3 Å². The van der Waals surface area contributed by atoms with Crippen LogP contribution in [0.2, 0.25) is 0 Å². The molecule has 1 atom stereocenters. The van der Waals surface area contributed by atoms with Crippen LogP contribution in [0, 0.1) is 0 Å². The van der Waals surface area contributed by atoms with Gasteiger partial charge >= 0.3 is 6.03 Å². The second-order valence-electron chi connectivity index (χ2n) is 6.29. The van der Waals surface area contributed by atoms with Gasteiger partial charge in [0.2, 0.25) is 15.9 Å². The summed E-state index contributed by atoms with van der Waals surface area (Å²) in [6.07, 6.45) is 0. The van der Waals surface area contributed by atoms with Crippen LogP contribution >= 0.6 is 15.9 Å². The summed E-state index contributed by atoms with van der Waals surface area (Å²) >= 11 is 3.30. The van der Waals surface area contributed by atoms with Gasteiger partial charge in [-0.3, -0.25) is 14.6 Å².